The fourth-order valence-electron chi connectivity index (χ4n) is 2.59. The van der Waals surface area contributed by atoms with E-state index < -0.39 is 36.8 Å². The average Bonchev–Trinajstić information content (AvgIpc) is 3.03. The standard InChI is InChI=1S/C12H17N5O4/c1-2-12(13)9-10(14-4-16-12)17(5-15-9)11-8(20)7(19)6(3-18)21-11/h2,4,6-8,11,18-20H,1,3,5,13H2/t6-,7-,8-,11-,12?/m1/s1. The van der Waals surface area contributed by atoms with Crippen LogP contribution in [0.4, 0.5) is 0 Å². The van der Waals surface area contributed by atoms with Gasteiger partial charge in [-0.25, -0.2) is 9.98 Å². The average molecular weight is 295 g/mol. The van der Waals surface area contributed by atoms with E-state index in [0.717, 1.165) is 0 Å². The molecule has 1 unspecified atom stereocenters. The third kappa shape index (κ3) is 2.01. The molecule has 0 saturated carbocycles. The Morgan fingerprint density at radius 3 is 2.90 bits per heavy atom. The molecule has 21 heavy (non-hydrogen) atoms. The van der Waals surface area contributed by atoms with Crippen molar-refractivity contribution in [1.82, 2.24) is 4.90 Å². The molecule has 3 heterocycles. The third-order valence-corrected chi connectivity index (χ3v) is 3.83. The van der Waals surface area contributed by atoms with E-state index in [1.807, 2.05) is 0 Å². The van der Waals surface area contributed by atoms with Crippen LogP contribution in [-0.4, -0.2) is 81.6 Å². The van der Waals surface area contributed by atoms with Crippen molar-refractivity contribution in [3.63, 3.8) is 0 Å². The van der Waals surface area contributed by atoms with Crippen molar-refractivity contribution >= 4 is 17.9 Å². The summed E-state index contributed by atoms with van der Waals surface area (Å²) >= 11 is 0. The Hall–Kier alpha value is -1.65. The summed E-state index contributed by atoms with van der Waals surface area (Å²) in [5.74, 6) is 0.419. The Morgan fingerprint density at radius 2 is 2.29 bits per heavy atom. The molecule has 0 aliphatic carbocycles. The fraction of sp³-hybridized carbons (Fsp3) is 0.583. The molecule has 0 amide bonds. The van der Waals surface area contributed by atoms with Gasteiger partial charge < -0.3 is 25.0 Å². The summed E-state index contributed by atoms with van der Waals surface area (Å²) in [5, 5.41) is 29.0. The highest BCUT2D eigenvalue weighted by molar-refractivity contribution is 6.47. The number of hydrogen-bond donors (Lipinski definition) is 4. The van der Waals surface area contributed by atoms with Gasteiger partial charge in [-0.05, 0) is 6.08 Å². The second-order valence-electron chi connectivity index (χ2n) is 5.07. The minimum absolute atomic E-state index is 0.164. The molecule has 0 radical (unpaired) electrons. The molecular formula is C12H17N5O4. The maximum absolute atomic E-state index is 10.1. The van der Waals surface area contributed by atoms with Gasteiger partial charge >= 0.3 is 0 Å². The van der Waals surface area contributed by atoms with Gasteiger partial charge in [-0.15, -0.1) is 0 Å². The van der Waals surface area contributed by atoms with Crippen molar-refractivity contribution in [2.45, 2.75) is 30.2 Å². The topological polar surface area (TPSA) is 136 Å². The van der Waals surface area contributed by atoms with E-state index in [-0.39, 0.29) is 6.67 Å². The Morgan fingerprint density at radius 1 is 1.52 bits per heavy atom. The molecule has 0 aromatic carbocycles. The Balaban J connectivity index is 1.86. The third-order valence-electron chi connectivity index (χ3n) is 3.83. The van der Waals surface area contributed by atoms with E-state index in [1.54, 1.807) is 4.90 Å². The van der Waals surface area contributed by atoms with E-state index >= 15 is 0 Å². The summed E-state index contributed by atoms with van der Waals surface area (Å²) < 4.78 is 5.48. The highest BCUT2D eigenvalue weighted by atomic mass is 16.6. The van der Waals surface area contributed by atoms with Gasteiger partial charge in [0, 0.05) is 0 Å². The van der Waals surface area contributed by atoms with Gasteiger partial charge in [0.25, 0.3) is 0 Å². The molecule has 0 aromatic heterocycles. The molecule has 5 N–H and O–H groups in total. The number of fused-ring (bicyclic) bond motifs is 1. The van der Waals surface area contributed by atoms with Crippen molar-refractivity contribution in [2.75, 3.05) is 13.3 Å². The molecule has 0 bridgehead atoms. The molecular weight excluding hydrogens is 278 g/mol. The molecule has 9 heteroatoms. The number of aliphatic hydroxyl groups is 3. The SMILES string of the molecule is C=CC1(N)N=CN=C2C1=NCN2[C@@H]1O[C@H](CO)[C@@H](O)[C@H]1O. The highest BCUT2D eigenvalue weighted by Gasteiger charge is 2.49. The monoisotopic (exact) mass is 295 g/mol. The number of rotatable bonds is 3. The van der Waals surface area contributed by atoms with Crippen LogP contribution in [0.5, 0.6) is 0 Å². The summed E-state index contributed by atoms with van der Waals surface area (Å²) in [6.45, 7) is 3.42. The van der Waals surface area contributed by atoms with Gasteiger partial charge in [0.2, 0.25) is 0 Å². The van der Waals surface area contributed by atoms with Gasteiger partial charge in [-0.3, -0.25) is 10.7 Å². The van der Waals surface area contributed by atoms with Crippen LogP contribution in [0.2, 0.25) is 0 Å². The summed E-state index contributed by atoms with van der Waals surface area (Å²) in [6, 6.07) is 0. The van der Waals surface area contributed by atoms with E-state index in [2.05, 4.69) is 21.6 Å². The van der Waals surface area contributed by atoms with Crippen LogP contribution in [0.1, 0.15) is 0 Å². The molecule has 0 spiro atoms. The van der Waals surface area contributed by atoms with Crippen LogP contribution in [0.15, 0.2) is 27.6 Å². The van der Waals surface area contributed by atoms with Gasteiger partial charge in [-0.2, -0.15) is 0 Å². The van der Waals surface area contributed by atoms with E-state index in [0.29, 0.717) is 11.5 Å². The number of aliphatic imine (C=N–C) groups is 3. The number of hydrogen-bond acceptors (Lipinski definition) is 9. The maximum Gasteiger partial charge on any atom is 0.174 e. The lowest BCUT2D eigenvalue weighted by atomic mass is 10.0. The van der Waals surface area contributed by atoms with Crippen LogP contribution in [-0.2, 0) is 4.74 Å². The molecule has 114 valence electrons. The highest BCUT2D eigenvalue weighted by Crippen LogP contribution is 2.28. The van der Waals surface area contributed by atoms with Crippen molar-refractivity contribution in [1.29, 1.82) is 0 Å². The number of amidine groups is 1. The Labute approximate surface area is 120 Å². The van der Waals surface area contributed by atoms with Crippen LogP contribution in [0.3, 0.4) is 0 Å². The molecule has 0 aromatic rings. The molecule has 3 aliphatic rings. The predicted molar refractivity (Wildman–Crippen MR) is 74.9 cm³/mol. The maximum atomic E-state index is 10.1. The second-order valence-corrected chi connectivity index (χ2v) is 5.07. The van der Waals surface area contributed by atoms with Gasteiger partial charge in [0.1, 0.15) is 37.0 Å². The molecule has 9 nitrogen and oxygen atoms in total. The fourth-order valence-corrected chi connectivity index (χ4v) is 2.59. The zero-order valence-electron chi connectivity index (χ0n) is 11.2. The number of nitrogens with zero attached hydrogens (tertiary/aromatic N) is 4. The second kappa shape index (κ2) is 4.97. The summed E-state index contributed by atoms with van der Waals surface area (Å²) in [4.78, 5) is 14.0. The normalized spacial score (nSPS) is 41.8. The molecule has 3 rings (SSSR count). The van der Waals surface area contributed by atoms with Crippen LogP contribution >= 0.6 is 0 Å². The number of nitrogens with two attached hydrogens (primary N) is 1. The zero-order chi connectivity index (χ0) is 15.2. The van der Waals surface area contributed by atoms with Gasteiger partial charge in [0.05, 0.1) is 6.61 Å². The quantitative estimate of drug-likeness (QED) is 0.422. The van der Waals surface area contributed by atoms with E-state index in [1.165, 1.54) is 12.4 Å². The lowest BCUT2D eigenvalue weighted by Crippen LogP contribution is -2.54. The predicted octanol–water partition coefficient (Wildman–Crippen LogP) is -2.58. The summed E-state index contributed by atoms with van der Waals surface area (Å²) in [7, 11) is 0. The van der Waals surface area contributed by atoms with Crippen molar-refractivity contribution in [2.24, 2.45) is 20.7 Å². The minimum atomic E-state index is -1.19. The van der Waals surface area contributed by atoms with Gasteiger partial charge in [0.15, 0.2) is 17.7 Å². The van der Waals surface area contributed by atoms with Crippen LogP contribution in [0, 0.1) is 0 Å². The summed E-state index contributed by atoms with van der Waals surface area (Å²) in [6.07, 6.45) is -1.32. The first kappa shape index (κ1) is 14.3. The molecule has 3 aliphatic heterocycles. The van der Waals surface area contributed by atoms with Crippen LogP contribution in [0.25, 0.3) is 0 Å². The zero-order valence-corrected chi connectivity index (χ0v) is 11.2. The first-order chi connectivity index (χ1) is 10.0. The van der Waals surface area contributed by atoms with E-state index in [9.17, 15) is 10.2 Å². The van der Waals surface area contributed by atoms with E-state index in [4.69, 9.17) is 15.6 Å². The van der Waals surface area contributed by atoms with Crippen molar-refractivity contribution in [3.8, 4) is 0 Å². The lowest BCUT2D eigenvalue weighted by Gasteiger charge is -2.31. The molecule has 1 saturated heterocycles. The first-order valence-corrected chi connectivity index (χ1v) is 6.50. The van der Waals surface area contributed by atoms with Crippen molar-refractivity contribution < 1.29 is 20.1 Å². The minimum Gasteiger partial charge on any atom is -0.394 e. The summed E-state index contributed by atoms with van der Waals surface area (Å²) in [5.41, 5.74) is 5.34. The van der Waals surface area contributed by atoms with Gasteiger partial charge in [-0.1, -0.05) is 6.58 Å². The Bertz CT molecular complexity index is 548. The molecule has 5 atom stereocenters. The van der Waals surface area contributed by atoms with Crippen molar-refractivity contribution in [3.05, 3.63) is 12.7 Å². The lowest BCUT2D eigenvalue weighted by molar-refractivity contribution is -0.0688. The Kier molecular flexibility index (Phi) is 3.38. The number of ether oxygens (including phenoxy) is 1. The largest absolute Gasteiger partial charge is 0.394 e. The smallest absolute Gasteiger partial charge is 0.174 e. The first-order valence-electron chi connectivity index (χ1n) is 6.50. The molecule has 1 fully saturated rings. The van der Waals surface area contributed by atoms with Crippen LogP contribution < -0.4 is 5.73 Å². The number of aliphatic hydroxyl groups excluding tert-OH is 3.